The van der Waals surface area contributed by atoms with Gasteiger partial charge in [0.1, 0.15) is 0 Å². The molecule has 0 fully saturated rings. The van der Waals surface area contributed by atoms with Gasteiger partial charge in [0.2, 0.25) is 0 Å². The van der Waals surface area contributed by atoms with Crippen LogP contribution in [0, 0.1) is 0 Å². The van der Waals surface area contributed by atoms with Crippen molar-refractivity contribution in [2.45, 2.75) is 26.1 Å². The lowest BCUT2D eigenvalue weighted by Crippen LogP contribution is -2.30. The van der Waals surface area contributed by atoms with Gasteiger partial charge in [-0.05, 0) is 41.8 Å². The predicted molar refractivity (Wildman–Crippen MR) is 117 cm³/mol. The second-order valence-corrected chi connectivity index (χ2v) is 8.08. The normalized spacial score (nSPS) is 11.6. The molecule has 1 heterocycles. The van der Waals surface area contributed by atoms with Crippen molar-refractivity contribution in [3.05, 3.63) is 95.1 Å². The quantitative estimate of drug-likeness (QED) is 0.345. The number of thiazole rings is 1. The smallest absolute Gasteiger partial charge is 0.279 e. The third kappa shape index (κ3) is 4.46. The van der Waals surface area contributed by atoms with E-state index in [0.29, 0.717) is 5.13 Å². The lowest BCUT2D eigenvalue weighted by atomic mass is 10.1. The van der Waals surface area contributed by atoms with E-state index >= 15 is 0 Å². The molecular weight excluding hydrogens is 421 g/mol. The standard InChI is InChI=1S/C24H19F3N2OS/c1-2-17-10-7-13-20-21(17)28-23(31-20)29(15-16-8-4-3-5-9-16)22(30)18-11-6-12-19(14-18)24(25,26)27/h3-14H,2,15H2,1H3. The molecule has 0 bridgehead atoms. The lowest BCUT2D eigenvalue weighted by molar-refractivity contribution is -0.137. The fourth-order valence-corrected chi connectivity index (χ4v) is 4.38. The Morgan fingerprint density at radius 3 is 2.45 bits per heavy atom. The Bertz CT molecular complexity index is 1220. The zero-order chi connectivity index (χ0) is 22.0. The number of benzene rings is 3. The number of alkyl halides is 3. The minimum atomic E-state index is -4.52. The number of rotatable bonds is 5. The summed E-state index contributed by atoms with van der Waals surface area (Å²) < 4.78 is 40.5. The molecule has 0 aliphatic heterocycles. The number of amides is 1. The molecule has 0 unspecified atom stereocenters. The highest BCUT2D eigenvalue weighted by Crippen LogP contribution is 2.34. The van der Waals surface area contributed by atoms with Crippen molar-refractivity contribution in [3.8, 4) is 0 Å². The van der Waals surface area contributed by atoms with E-state index in [4.69, 9.17) is 4.98 Å². The van der Waals surface area contributed by atoms with Gasteiger partial charge in [-0.1, -0.05) is 66.8 Å². The van der Waals surface area contributed by atoms with Crippen LogP contribution in [0.25, 0.3) is 10.2 Å². The van der Waals surface area contributed by atoms with Crippen molar-refractivity contribution < 1.29 is 18.0 Å². The van der Waals surface area contributed by atoms with Gasteiger partial charge in [-0.15, -0.1) is 0 Å². The van der Waals surface area contributed by atoms with Crippen molar-refractivity contribution in [2.75, 3.05) is 4.90 Å². The van der Waals surface area contributed by atoms with Crippen molar-refractivity contribution in [1.82, 2.24) is 4.98 Å². The lowest BCUT2D eigenvalue weighted by Gasteiger charge is -2.20. The van der Waals surface area contributed by atoms with Crippen LogP contribution in [0.3, 0.4) is 0 Å². The van der Waals surface area contributed by atoms with Gasteiger partial charge >= 0.3 is 6.18 Å². The van der Waals surface area contributed by atoms with Gasteiger partial charge in [0.25, 0.3) is 5.91 Å². The number of carbonyl (C=O) groups is 1. The van der Waals surface area contributed by atoms with E-state index in [1.807, 2.05) is 55.5 Å². The molecule has 4 aromatic rings. The molecule has 0 N–H and O–H groups in total. The third-order valence-corrected chi connectivity index (χ3v) is 6.01. The number of hydrogen-bond donors (Lipinski definition) is 0. The first-order valence-electron chi connectivity index (χ1n) is 9.78. The topological polar surface area (TPSA) is 33.2 Å². The van der Waals surface area contributed by atoms with Crippen molar-refractivity contribution in [3.63, 3.8) is 0 Å². The van der Waals surface area contributed by atoms with E-state index < -0.39 is 17.6 Å². The zero-order valence-corrected chi connectivity index (χ0v) is 17.5. The number of halogens is 3. The van der Waals surface area contributed by atoms with Gasteiger partial charge < -0.3 is 0 Å². The molecule has 3 aromatic carbocycles. The molecular formula is C24H19F3N2OS. The summed E-state index contributed by atoms with van der Waals surface area (Å²) in [5.41, 5.74) is 1.86. The van der Waals surface area contributed by atoms with Gasteiger partial charge in [-0.2, -0.15) is 13.2 Å². The average molecular weight is 440 g/mol. The fraction of sp³-hybridized carbons (Fsp3) is 0.167. The van der Waals surface area contributed by atoms with Crippen molar-refractivity contribution in [2.24, 2.45) is 0 Å². The number of aromatic nitrogens is 1. The summed E-state index contributed by atoms with van der Waals surface area (Å²) in [5.74, 6) is -0.521. The third-order valence-electron chi connectivity index (χ3n) is 4.97. The second-order valence-electron chi connectivity index (χ2n) is 7.07. The van der Waals surface area contributed by atoms with Crippen LogP contribution in [0.5, 0.6) is 0 Å². The molecule has 7 heteroatoms. The number of fused-ring (bicyclic) bond motifs is 1. The molecule has 158 valence electrons. The maximum absolute atomic E-state index is 13.4. The van der Waals surface area contributed by atoms with Gasteiger partial charge in [-0.3, -0.25) is 9.69 Å². The highest BCUT2D eigenvalue weighted by atomic mass is 32.1. The Kier molecular flexibility index (Phi) is 5.78. The molecule has 0 radical (unpaired) electrons. The minimum Gasteiger partial charge on any atom is -0.279 e. The first-order valence-corrected chi connectivity index (χ1v) is 10.6. The molecule has 31 heavy (non-hydrogen) atoms. The summed E-state index contributed by atoms with van der Waals surface area (Å²) in [4.78, 5) is 19.5. The summed E-state index contributed by atoms with van der Waals surface area (Å²) in [6.07, 6.45) is -3.73. The molecule has 0 saturated heterocycles. The number of carbonyl (C=O) groups excluding carboxylic acids is 1. The number of aryl methyl sites for hydroxylation is 1. The van der Waals surface area contributed by atoms with Crippen LogP contribution < -0.4 is 4.90 Å². The Morgan fingerprint density at radius 2 is 1.74 bits per heavy atom. The molecule has 0 aliphatic carbocycles. The van der Waals surface area contributed by atoms with E-state index in [-0.39, 0.29) is 12.1 Å². The summed E-state index contributed by atoms with van der Waals surface area (Å²) >= 11 is 1.36. The summed E-state index contributed by atoms with van der Waals surface area (Å²) in [6, 6.07) is 19.7. The maximum Gasteiger partial charge on any atom is 0.416 e. The maximum atomic E-state index is 13.4. The van der Waals surface area contributed by atoms with Gasteiger partial charge in [-0.25, -0.2) is 4.98 Å². The monoisotopic (exact) mass is 440 g/mol. The van der Waals surface area contributed by atoms with Crippen LogP contribution in [0.2, 0.25) is 0 Å². The summed E-state index contributed by atoms with van der Waals surface area (Å²) in [6.45, 7) is 2.24. The van der Waals surface area contributed by atoms with Crippen LogP contribution in [0.4, 0.5) is 18.3 Å². The van der Waals surface area contributed by atoms with E-state index in [9.17, 15) is 18.0 Å². The highest BCUT2D eigenvalue weighted by Gasteiger charge is 2.32. The zero-order valence-electron chi connectivity index (χ0n) is 16.7. The number of hydrogen-bond acceptors (Lipinski definition) is 3. The van der Waals surface area contributed by atoms with Crippen LogP contribution >= 0.6 is 11.3 Å². The number of anilines is 1. The van der Waals surface area contributed by atoms with Crippen LogP contribution in [-0.4, -0.2) is 10.9 Å². The SMILES string of the molecule is CCc1cccc2sc(N(Cc3ccccc3)C(=O)c3cccc(C(F)(F)F)c3)nc12. The van der Waals surface area contributed by atoms with Crippen molar-refractivity contribution in [1.29, 1.82) is 0 Å². The number of para-hydroxylation sites is 1. The average Bonchev–Trinajstić information content (AvgIpc) is 3.21. The second kappa shape index (κ2) is 8.51. The molecule has 0 aliphatic rings. The molecule has 0 atom stereocenters. The van der Waals surface area contributed by atoms with Crippen LogP contribution in [0.15, 0.2) is 72.8 Å². The Balaban J connectivity index is 1.79. The molecule has 0 saturated carbocycles. The van der Waals surface area contributed by atoms with E-state index in [2.05, 4.69) is 0 Å². The van der Waals surface area contributed by atoms with E-state index in [1.165, 1.54) is 28.4 Å². The Hall–Kier alpha value is -3.19. The molecule has 1 amide bonds. The van der Waals surface area contributed by atoms with Crippen LogP contribution in [-0.2, 0) is 19.1 Å². The Labute approximate surface area is 181 Å². The van der Waals surface area contributed by atoms with E-state index in [1.54, 1.807) is 0 Å². The molecule has 4 rings (SSSR count). The minimum absolute atomic E-state index is 0.0271. The number of nitrogens with zero attached hydrogens (tertiary/aromatic N) is 2. The van der Waals surface area contributed by atoms with Gasteiger partial charge in [0.05, 0.1) is 22.3 Å². The molecule has 0 spiro atoms. The molecule has 1 aromatic heterocycles. The fourth-order valence-electron chi connectivity index (χ4n) is 3.37. The largest absolute Gasteiger partial charge is 0.416 e. The first kappa shape index (κ1) is 21.1. The summed E-state index contributed by atoms with van der Waals surface area (Å²) in [7, 11) is 0. The molecule has 3 nitrogen and oxygen atoms in total. The first-order chi connectivity index (χ1) is 14.9. The highest BCUT2D eigenvalue weighted by molar-refractivity contribution is 7.22. The van der Waals surface area contributed by atoms with Gasteiger partial charge in [0.15, 0.2) is 5.13 Å². The van der Waals surface area contributed by atoms with Crippen LogP contribution in [0.1, 0.15) is 34.0 Å². The van der Waals surface area contributed by atoms with E-state index in [0.717, 1.165) is 39.9 Å². The predicted octanol–water partition coefficient (Wildman–Crippen LogP) is 6.72. The summed E-state index contributed by atoms with van der Waals surface area (Å²) in [5, 5.41) is 0.460. The van der Waals surface area contributed by atoms with Crippen molar-refractivity contribution >= 4 is 32.6 Å². The Morgan fingerprint density at radius 1 is 1.00 bits per heavy atom. The van der Waals surface area contributed by atoms with Gasteiger partial charge in [0, 0.05) is 5.56 Å².